The van der Waals surface area contributed by atoms with Crippen molar-refractivity contribution in [2.24, 2.45) is 0 Å². The third-order valence-electron chi connectivity index (χ3n) is 2.50. The molecule has 2 aromatic carbocycles. The van der Waals surface area contributed by atoms with E-state index in [1.54, 1.807) is 30.3 Å². The van der Waals surface area contributed by atoms with Crippen LogP contribution in [0, 0.1) is 0 Å². The van der Waals surface area contributed by atoms with Crippen LogP contribution in [0.15, 0.2) is 46.9 Å². The van der Waals surface area contributed by atoms with Crippen molar-refractivity contribution in [1.82, 2.24) is 0 Å². The second-order valence-electron chi connectivity index (χ2n) is 3.86. The maximum Gasteiger partial charge on any atom is 0.167 e. The van der Waals surface area contributed by atoms with Crippen molar-refractivity contribution in [3.8, 4) is 0 Å². The Labute approximate surface area is 124 Å². The van der Waals surface area contributed by atoms with Crippen LogP contribution in [0.4, 0.5) is 0 Å². The third-order valence-corrected chi connectivity index (χ3v) is 3.94. The molecule has 2 aromatic rings. The zero-order chi connectivity index (χ0) is 13.1. The van der Waals surface area contributed by atoms with Crippen molar-refractivity contribution in [2.45, 2.75) is 6.42 Å². The quantitative estimate of drug-likeness (QED) is 0.701. The summed E-state index contributed by atoms with van der Waals surface area (Å²) in [6, 6.07) is 12.5. The molecule has 0 heterocycles. The largest absolute Gasteiger partial charge is 0.294 e. The van der Waals surface area contributed by atoms with E-state index in [1.165, 1.54) is 0 Å². The highest BCUT2D eigenvalue weighted by Gasteiger charge is 2.09. The predicted molar refractivity (Wildman–Crippen MR) is 78.6 cm³/mol. The molecule has 0 saturated heterocycles. The summed E-state index contributed by atoms with van der Waals surface area (Å²) in [7, 11) is 0. The molecule has 0 aromatic heterocycles. The lowest BCUT2D eigenvalue weighted by molar-refractivity contribution is 0.0993. The van der Waals surface area contributed by atoms with Crippen LogP contribution in [-0.4, -0.2) is 5.78 Å². The number of Topliss-reactive ketones (excluding diaryl/α,β-unsaturated/α-hetero) is 1. The summed E-state index contributed by atoms with van der Waals surface area (Å²) in [6.07, 6.45) is 0.328. The number of hydrogen-bond acceptors (Lipinski definition) is 1. The van der Waals surface area contributed by atoms with E-state index >= 15 is 0 Å². The molecule has 0 aliphatic heterocycles. The lowest BCUT2D eigenvalue weighted by Crippen LogP contribution is -2.03. The number of rotatable bonds is 3. The average molecular weight is 344 g/mol. The SMILES string of the molecule is O=C(Cc1cccc(Cl)c1)c1ccc(Cl)c(Br)c1. The van der Waals surface area contributed by atoms with Crippen LogP contribution >= 0.6 is 39.1 Å². The molecule has 92 valence electrons. The van der Waals surface area contributed by atoms with Crippen molar-refractivity contribution < 1.29 is 4.79 Å². The molecular formula is C14H9BrCl2O. The molecule has 18 heavy (non-hydrogen) atoms. The van der Waals surface area contributed by atoms with Crippen molar-refractivity contribution in [1.29, 1.82) is 0 Å². The first-order chi connectivity index (χ1) is 8.56. The van der Waals surface area contributed by atoms with E-state index in [9.17, 15) is 4.79 Å². The molecule has 0 N–H and O–H groups in total. The van der Waals surface area contributed by atoms with Gasteiger partial charge in [0.2, 0.25) is 0 Å². The number of carbonyl (C=O) groups is 1. The standard InChI is InChI=1S/C14H9BrCl2O/c15-12-8-10(4-5-13(12)17)14(18)7-9-2-1-3-11(16)6-9/h1-6,8H,7H2. The second kappa shape index (κ2) is 5.87. The first kappa shape index (κ1) is 13.6. The van der Waals surface area contributed by atoms with Gasteiger partial charge in [0.05, 0.1) is 5.02 Å². The zero-order valence-electron chi connectivity index (χ0n) is 9.29. The van der Waals surface area contributed by atoms with Crippen LogP contribution < -0.4 is 0 Å². The monoisotopic (exact) mass is 342 g/mol. The lowest BCUT2D eigenvalue weighted by atomic mass is 10.0. The van der Waals surface area contributed by atoms with Crippen LogP contribution in [0.25, 0.3) is 0 Å². The molecule has 0 bridgehead atoms. The molecule has 0 aliphatic carbocycles. The van der Waals surface area contributed by atoms with Gasteiger partial charge < -0.3 is 0 Å². The zero-order valence-corrected chi connectivity index (χ0v) is 12.4. The number of ketones is 1. The summed E-state index contributed by atoms with van der Waals surface area (Å²) in [5.74, 6) is 0.0367. The van der Waals surface area contributed by atoms with Gasteiger partial charge in [-0.05, 0) is 51.8 Å². The van der Waals surface area contributed by atoms with Gasteiger partial charge in [0, 0.05) is 21.5 Å². The molecule has 0 radical (unpaired) electrons. The number of benzene rings is 2. The average Bonchev–Trinajstić information content (AvgIpc) is 2.32. The van der Waals surface area contributed by atoms with Crippen molar-refractivity contribution in [3.05, 3.63) is 68.1 Å². The minimum absolute atomic E-state index is 0.0367. The van der Waals surface area contributed by atoms with E-state index in [0.717, 1.165) is 10.0 Å². The molecule has 2 rings (SSSR count). The van der Waals surface area contributed by atoms with Gasteiger partial charge in [0.1, 0.15) is 0 Å². The molecule has 0 saturated carbocycles. The van der Waals surface area contributed by atoms with E-state index in [4.69, 9.17) is 23.2 Å². The lowest BCUT2D eigenvalue weighted by Gasteiger charge is -2.04. The molecule has 0 fully saturated rings. The second-order valence-corrected chi connectivity index (χ2v) is 5.56. The third kappa shape index (κ3) is 3.35. The van der Waals surface area contributed by atoms with Gasteiger partial charge >= 0.3 is 0 Å². The van der Waals surface area contributed by atoms with E-state index in [-0.39, 0.29) is 5.78 Å². The summed E-state index contributed by atoms with van der Waals surface area (Å²) in [6.45, 7) is 0. The van der Waals surface area contributed by atoms with Gasteiger partial charge in [0.15, 0.2) is 5.78 Å². The fourth-order valence-corrected chi connectivity index (χ4v) is 2.31. The van der Waals surface area contributed by atoms with Crippen LogP contribution in [0.3, 0.4) is 0 Å². The first-order valence-corrected chi connectivity index (χ1v) is 6.84. The maximum absolute atomic E-state index is 12.1. The van der Waals surface area contributed by atoms with Crippen molar-refractivity contribution in [2.75, 3.05) is 0 Å². The van der Waals surface area contributed by atoms with E-state index in [2.05, 4.69) is 15.9 Å². The molecule has 0 atom stereocenters. The molecule has 1 nitrogen and oxygen atoms in total. The van der Waals surface area contributed by atoms with E-state index in [1.807, 2.05) is 12.1 Å². The summed E-state index contributed by atoms with van der Waals surface area (Å²) in [5.41, 5.74) is 1.53. The highest BCUT2D eigenvalue weighted by molar-refractivity contribution is 9.10. The molecule has 4 heteroatoms. The van der Waals surface area contributed by atoms with Gasteiger partial charge in [-0.1, -0.05) is 35.3 Å². The molecule has 0 spiro atoms. The smallest absolute Gasteiger partial charge is 0.167 e. The Hall–Kier alpha value is -0.830. The van der Waals surface area contributed by atoms with Crippen LogP contribution in [0.1, 0.15) is 15.9 Å². The first-order valence-electron chi connectivity index (χ1n) is 5.29. The highest BCUT2D eigenvalue weighted by atomic mass is 79.9. The van der Waals surface area contributed by atoms with Crippen LogP contribution in [-0.2, 0) is 6.42 Å². The minimum Gasteiger partial charge on any atom is -0.294 e. The number of carbonyl (C=O) groups excluding carboxylic acids is 1. The number of halogens is 3. The molecule has 0 unspecified atom stereocenters. The predicted octanol–water partition coefficient (Wildman–Crippen LogP) is 5.18. The normalized spacial score (nSPS) is 10.4. The summed E-state index contributed by atoms with van der Waals surface area (Å²) < 4.78 is 0.723. The topological polar surface area (TPSA) is 17.1 Å². The Morgan fingerprint density at radius 3 is 2.56 bits per heavy atom. The Morgan fingerprint density at radius 2 is 1.89 bits per heavy atom. The summed E-state index contributed by atoms with van der Waals surface area (Å²) in [5, 5.41) is 1.23. The van der Waals surface area contributed by atoms with Gasteiger partial charge in [-0.3, -0.25) is 4.79 Å². The van der Waals surface area contributed by atoms with Gasteiger partial charge in [-0.2, -0.15) is 0 Å². The maximum atomic E-state index is 12.1. The van der Waals surface area contributed by atoms with Crippen LogP contribution in [0.2, 0.25) is 10.0 Å². The van der Waals surface area contributed by atoms with Gasteiger partial charge in [-0.15, -0.1) is 0 Å². The molecule has 0 amide bonds. The van der Waals surface area contributed by atoms with Crippen molar-refractivity contribution in [3.63, 3.8) is 0 Å². The summed E-state index contributed by atoms with van der Waals surface area (Å²) >= 11 is 15.1. The van der Waals surface area contributed by atoms with Gasteiger partial charge in [0.25, 0.3) is 0 Å². The fraction of sp³-hybridized carbons (Fsp3) is 0.0714. The van der Waals surface area contributed by atoms with Crippen molar-refractivity contribution >= 4 is 44.9 Å². The Kier molecular flexibility index (Phi) is 4.44. The minimum atomic E-state index is 0.0367. The fourth-order valence-electron chi connectivity index (χ4n) is 1.60. The van der Waals surface area contributed by atoms with E-state index in [0.29, 0.717) is 22.0 Å². The Balaban J connectivity index is 2.19. The molecular weight excluding hydrogens is 335 g/mol. The van der Waals surface area contributed by atoms with Crippen LogP contribution in [0.5, 0.6) is 0 Å². The molecule has 0 aliphatic rings. The Morgan fingerprint density at radius 1 is 1.11 bits per heavy atom. The highest BCUT2D eigenvalue weighted by Crippen LogP contribution is 2.24. The Bertz CT molecular complexity index is 596. The number of hydrogen-bond donors (Lipinski definition) is 0. The van der Waals surface area contributed by atoms with E-state index < -0.39 is 0 Å². The summed E-state index contributed by atoms with van der Waals surface area (Å²) in [4.78, 5) is 12.1. The van der Waals surface area contributed by atoms with Gasteiger partial charge in [-0.25, -0.2) is 0 Å².